The van der Waals surface area contributed by atoms with Crippen molar-refractivity contribution in [1.82, 2.24) is 4.72 Å². The Bertz CT molecular complexity index is 929. The van der Waals surface area contributed by atoms with E-state index in [0.717, 1.165) is 11.1 Å². The highest BCUT2D eigenvalue weighted by molar-refractivity contribution is 9.10. The van der Waals surface area contributed by atoms with Crippen LogP contribution in [0.5, 0.6) is 0 Å². The van der Waals surface area contributed by atoms with Crippen LogP contribution in [0.15, 0.2) is 51.8 Å². The fraction of sp³-hybridized carbons (Fsp3) is 0.316. The molecular formula is C19H21BrN2O3S. The van der Waals surface area contributed by atoms with Gasteiger partial charge in [0.25, 0.3) is 0 Å². The molecule has 1 N–H and O–H groups in total. The van der Waals surface area contributed by atoms with Crippen molar-refractivity contribution in [2.45, 2.75) is 37.6 Å². The van der Waals surface area contributed by atoms with Crippen molar-refractivity contribution in [2.75, 3.05) is 11.4 Å². The van der Waals surface area contributed by atoms with Crippen molar-refractivity contribution in [3.8, 4) is 0 Å². The van der Waals surface area contributed by atoms with E-state index in [2.05, 4.69) is 20.7 Å². The van der Waals surface area contributed by atoms with Crippen LogP contribution in [0.2, 0.25) is 0 Å². The van der Waals surface area contributed by atoms with Gasteiger partial charge in [-0.3, -0.25) is 4.79 Å². The van der Waals surface area contributed by atoms with Crippen LogP contribution in [-0.4, -0.2) is 26.9 Å². The van der Waals surface area contributed by atoms with Crippen molar-refractivity contribution in [3.63, 3.8) is 0 Å². The summed E-state index contributed by atoms with van der Waals surface area (Å²) in [5, 5.41) is 0. The minimum atomic E-state index is -3.74. The molecule has 3 rings (SSSR count). The molecule has 0 aromatic heterocycles. The Labute approximate surface area is 162 Å². The van der Waals surface area contributed by atoms with Gasteiger partial charge < -0.3 is 4.90 Å². The Morgan fingerprint density at radius 1 is 1.27 bits per heavy atom. The van der Waals surface area contributed by atoms with Crippen LogP contribution in [-0.2, 0) is 27.7 Å². The molecule has 1 atom stereocenters. The van der Waals surface area contributed by atoms with Crippen LogP contribution in [0, 0.1) is 0 Å². The van der Waals surface area contributed by atoms with Gasteiger partial charge in [-0.25, -0.2) is 13.1 Å². The molecule has 7 heteroatoms. The molecular weight excluding hydrogens is 416 g/mol. The van der Waals surface area contributed by atoms with Crippen molar-refractivity contribution in [2.24, 2.45) is 0 Å². The molecule has 0 fully saturated rings. The van der Waals surface area contributed by atoms with E-state index in [-0.39, 0.29) is 16.8 Å². The number of carbonyl (C=O) groups is 1. The molecule has 0 aliphatic carbocycles. The first-order valence-electron chi connectivity index (χ1n) is 8.45. The van der Waals surface area contributed by atoms with Gasteiger partial charge in [-0.15, -0.1) is 0 Å². The van der Waals surface area contributed by atoms with E-state index in [1.165, 1.54) is 6.92 Å². The minimum absolute atomic E-state index is 0.0601. The maximum absolute atomic E-state index is 12.9. The average molecular weight is 437 g/mol. The lowest BCUT2D eigenvalue weighted by atomic mass is 10.1. The van der Waals surface area contributed by atoms with Gasteiger partial charge in [0.1, 0.15) is 4.90 Å². The Balaban J connectivity index is 1.89. The summed E-state index contributed by atoms with van der Waals surface area (Å²) in [7, 11) is -3.74. The molecule has 0 saturated carbocycles. The van der Waals surface area contributed by atoms with Crippen molar-refractivity contribution in [3.05, 3.63) is 58.1 Å². The third-order valence-electron chi connectivity index (χ3n) is 4.49. The van der Waals surface area contributed by atoms with Crippen LogP contribution >= 0.6 is 15.9 Å². The lowest BCUT2D eigenvalue weighted by Crippen LogP contribution is -2.35. The van der Waals surface area contributed by atoms with E-state index < -0.39 is 10.0 Å². The summed E-state index contributed by atoms with van der Waals surface area (Å²) in [6, 6.07) is 13.1. The highest BCUT2D eigenvalue weighted by Gasteiger charge is 2.35. The highest BCUT2D eigenvalue weighted by Crippen LogP contribution is 2.40. The number of hydrogen-bond donors (Lipinski definition) is 1. The molecule has 1 heterocycles. The smallest absolute Gasteiger partial charge is 0.242 e. The SMILES string of the molecule is CC(=O)N1c2c(cc(Br)cc2S(=O)(=O)NCCc2ccccc2)C[C@H]1C. The monoisotopic (exact) mass is 436 g/mol. The maximum Gasteiger partial charge on any atom is 0.242 e. The summed E-state index contributed by atoms with van der Waals surface area (Å²) in [4.78, 5) is 13.8. The van der Waals surface area contributed by atoms with E-state index >= 15 is 0 Å². The van der Waals surface area contributed by atoms with Gasteiger partial charge in [0.2, 0.25) is 15.9 Å². The quantitative estimate of drug-likeness (QED) is 0.781. The Morgan fingerprint density at radius 3 is 2.62 bits per heavy atom. The molecule has 0 bridgehead atoms. The maximum atomic E-state index is 12.9. The molecule has 1 aliphatic rings. The normalized spacial score (nSPS) is 16.6. The summed E-state index contributed by atoms with van der Waals surface area (Å²) >= 11 is 3.39. The topological polar surface area (TPSA) is 66.5 Å². The number of rotatable bonds is 5. The molecule has 0 radical (unpaired) electrons. The van der Waals surface area contributed by atoms with E-state index in [1.807, 2.05) is 43.3 Å². The number of carbonyl (C=O) groups excluding carboxylic acids is 1. The van der Waals surface area contributed by atoms with Crippen LogP contribution in [0.4, 0.5) is 5.69 Å². The molecule has 5 nitrogen and oxygen atoms in total. The van der Waals surface area contributed by atoms with Gasteiger partial charge in [-0.05, 0) is 43.0 Å². The largest absolute Gasteiger partial charge is 0.308 e. The van der Waals surface area contributed by atoms with E-state index in [1.54, 1.807) is 11.0 Å². The molecule has 0 saturated heterocycles. The van der Waals surface area contributed by atoms with Gasteiger partial charge in [0.15, 0.2) is 0 Å². The third kappa shape index (κ3) is 3.84. The highest BCUT2D eigenvalue weighted by atomic mass is 79.9. The van der Waals surface area contributed by atoms with Gasteiger partial charge in [-0.1, -0.05) is 46.3 Å². The third-order valence-corrected chi connectivity index (χ3v) is 6.43. The first kappa shape index (κ1) is 19.1. The van der Waals surface area contributed by atoms with Crippen LogP contribution in [0.1, 0.15) is 25.0 Å². The van der Waals surface area contributed by atoms with E-state index in [4.69, 9.17) is 0 Å². The predicted octanol–water partition coefficient (Wildman–Crippen LogP) is 3.27. The van der Waals surface area contributed by atoms with Crippen molar-refractivity contribution in [1.29, 1.82) is 0 Å². The summed E-state index contributed by atoms with van der Waals surface area (Å²) in [5.74, 6) is -0.153. The zero-order valence-electron chi connectivity index (χ0n) is 14.7. The predicted molar refractivity (Wildman–Crippen MR) is 106 cm³/mol. The Hall–Kier alpha value is -1.70. The van der Waals surface area contributed by atoms with Gasteiger partial charge in [0, 0.05) is 24.0 Å². The second kappa shape index (κ2) is 7.50. The number of sulfonamides is 1. The number of nitrogens with zero attached hydrogens (tertiary/aromatic N) is 1. The Morgan fingerprint density at radius 2 is 1.96 bits per heavy atom. The number of benzene rings is 2. The summed E-state index contributed by atoms with van der Waals surface area (Å²) in [5.41, 5.74) is 2.43. The summed E-state index contributed by atoms with van der Waals surface area (Å²) < 4.78 is 29.2. The number of amides is 1. The first-order chi connectivity index (χ1) is 12.3. The standard InChI is InChI=1S/C19H21BrN2O3S/c1-13-10-16-11-17(20)12-18(19(16)22(13)14(2)23)26(24,25)21-9-8-15-6-4-3-5-7-15/h3-7,11-13,21H,8-10H2,1-2H3/t13-/m1/s1. The molecule has 0 spiro atoms. The molecule has 1 aliphatic heterocycles. The molecule has 26 heavy (non-hydrogen) atoms. The fourth-order valence-electron chi connectivity index (χ4n) is 3.41. The number of fused-ring (bicyclic) bond motifs is 1. The lowest BCUT2D eigenvalue weighted by molar-refractivity contribution is -0.116. The van der Waals surface area contributed by atoms with Crippen LogP contribution in [0.25, 0.3) is 0 Å². The van der Waals surface area contributed by atoms with Crippen LogP contribution in [0.3, 0.4) is 0 Å². The van der Waals surface area contributed by atoms with Gasteiger partial charge in [-0.2, -0.15) is 0 Å². The minimum Gasteiger partial charge on any atom is -0.308 e. The van der Waals surface area contributed by atoms with E-state index in [0.29, 0.717) is 29.5 Å². The number of hydrogen-bond acceptors (Lipinski definition) is 3. The first-order valence-corrected chi connectivity index (χ1v) is 10.7. The second-order valence-electron chi connectivity index (χ2n) is 6.49. The number of halogens is 1. The fourth-order valence-corrected chi connectivity index (χ4v) is 5.36. The molecule has 2 aromatic carbocycles. The van der Waals surface area contributed by atoms with Crippen molar-refractivity contribution < 1.29 is 13.2 Å². The zero-order valence-corrected chi connectivity index (χ0v) is 17.1. The van der Waals surface area contributed by atoms with Crippen molar-refractivity contribution >= 4 is 37.5 Å². The number of nitrogens with one attached hydrogen (secondary N) is 1. The zero-order chi connectivity index (χ0) is 18.9. The molecule has 138 valence electrons. The Kier molecular flexibility index (Phi) is 5.50. The van der Waals surface area contributed by atoms with Gasteiger partial charge >= 0.3 is 0 Å². The van der Waals surface area contributed by atoms with Gasteiger partial charge in [0.05, 0.1) is 5.69 Å². The summed E-state index contributed by atoms with van der Waals surface area (Å²) in [6.07, 6.45) is 1.24. The average Bonchev–Trinajstić information content (AvgIpc) is 2.90. The van der Waals surface area contributed by atoms with E-state index in [9.17, 15) is 13.2 Å². The molecule has 1 amide bonds. The molecule has 2 aromatic rings. The van der Waals surface area contributed by atoms with Crippen LogP contribution < -0.4 is 9.62 Å². The lowest BCUT2D eigenvalue weighted by Gasteiger charge is -2.23. The second-order valence-corrected chi connectivity index (χ2v) is 9.14. The molecule has 0 unspecified atom stereocenters. The number of anilines is 1. The summed E-state index contributed by atoms with van der Waals surface area (Å²) in [6.45, 7) is 3.69.